The van der Waals surface area contributed by atoms with Crippen molar-refractivity contribution in [2.45, 2.75) is 45.2 Å². The predicted octanol–water partition coefficient (Wildman–Crippen LogP) is 1.73. The van der Waals surface area contributed by atoms with Crippen LogP contribution in [0.15, 0.2) is 15.7 Å². The van der Waals surface area contributed by atoms with Gasteiger partial charge in [0.25, 0.3) is 5.56 Å². The van der Waals surface area contributed by atoms with Crippen molar-refractivity contribution in [1.29, 1.82) is 0 Å². The van der Waals surface area contributed by atoms with E-state index in [-0.39, 0.29) is 17.5 Å². The van der Waals surface area contributed by atoms with Gasteiger partial charge in [0.05, 0.1) is 22.6 Å². The molecule has 2 aliphatic rings. The largest absolute Gasteiger partial charge is 0.369 e. The Hall–Kier alpha value is -2.86. The summed E-state index contributed by atoms with van der Waals surface area (Å²) in [6.07, 6.45) is 2.62. The third-order valence-electron chi connectivity index (χ3n) is 6.73. The highest BCUT2D eigenvalue weighted by Gasteiger charge is 2.32. The van der Waals surface area contributed by atoms with Crippen molar-refractivity contribution in [1.82, 2.24) is 14.1 Å². The average molecular weight is 429 g/mol. The zero-order chi connectivity index (χ0) is 22.4. The van der Waals surface area contributed by atoms with Crippen molar-refractivity contribution in [2.75, 3.05) is 44.0 Å². The summed E-state index contributed by atoms with van der Waals surface area (Å²) in [5.74, 6) is 5.60. The molecule has 2 unspecified atom stereocenters. The average Bonchev–Trinajstić information content (AvgIpc) is 3.46. The fourth-order valence-electron chi connectivity index (χ4n) is 4.76. The van der Waals surface area contributed by atoms with Crippen LogP contribution in [0.4, 0.5) is 10.1 Å². The summed E-state index contributed by atoms with van der Waals surface area (Å²) in [6.45, 7) is 13.6. The number of halogens is 1. The van der Waals surface area contributed by atoms with Crippen LogP contribution in [-0.4, -0.2) is 53.4 Å². The lowest BCUT2D eigenvalue weighted by Gasteiger charge is -2.26. The Kier molecular flexibility index (Phi) is 5.52. The number of rotatable bonds is 6. The molecule has 2 heterocycles. The highest BCUT2D eigenvalue weighted by molar-refractivity contribution is 5.87. The summed E-state index contributed by atoms with van der Waals surface area (Å²) >= 11 is 0. The van der Waals surface area contributed by atoms with Gasteiger partial charge in [0.2, 0.25) is 6.54 Å². The fraction of sp³-hybridized carbons (Fsp3) is 0.591. The molecule has 1 aliphatic carbocycles. The summed E-state index contributed by atoms with van der Waals surface area (Å²) in [6, 6.07) is 1.42. The lowest BCUT2D eigenvalue weighted by Crippen LogP contribution is -2.44. The normalized spacial score (nSPS) is 19.9. The zero-order valence-corrected chi connectivity index (χ0v) is 18.3. The minimum Gasteiger partial charge on any atom is -0.369 e. The summed E-state index contributed by atoms with van der Waals surface area (Å²) in [5, 5.41) is 0.149. The van der Waals surface area contributed by atoms with E-state index in [9.17, 15) is 9.59 Å². The molecule has 1 aromatic carbocycles. The van der Waals surface area contributed by atoms with Gasteiger partial charge in [0, 0.05) is 31.2 Å². The van der Waals surface area contributed by atoms with Crippen LogP contribution in [0.1, 0.15) is 37.8 Å². The molecule has 1 saturated carbocycles. The number of nitrogens with two attached hydrogens (primary N) is 1. The number of hydrogen-bond acceptors (Lipinski definition) is 5. The number of likely N-dealkylation sites (N-methyl/N-ethyl adjacent to an activating group) is 1. The van der Waals surface area contributed by atoms with Crippen LogP contribution in [0.25, 0.3) is 15.7 Å². The van der Waals surface area contributed by atoms with E-state index >= 15 is 4.39 Å². The Morgan fingerprint density at radius 1 is 1.35 bits per heavy atom. The van der Waals surface area contributed by atoms with E-state index in [0.717, 1.165) is 25.8 Å². The van der Waals surface area contributed by atoms with Gasteiger partial charge in [0.1, 0.15) is 5.82 Å². The summed E-state index contributed by atoms with van der Waals surface area (Å²) in [5.41, 5.74) is 0.374. The molecule has 2 atom stereocenters. The fourth-order valence-corrected chi connectivity index (χ4v) is 4.76. The molecule has 4 rings (SSSR count). The minimum absolute atomic E-state index is 0.00586. The number of nitrogens with zero attached hydrogens (tertiary/aromatic N) is 5. The number of aryl methyl sites for hydroxylation is 1. The maximum Gasteiger partial charge on any atom is 0.350 e. The van der Waals surface area contributed by atoms with Crippen molar-refractivity contribution < 1.29 is 4.39 Å². The monoisotopic (exact) mass is 428 g/mol. The van der Waals surface area contributed by atoms with Gasteiger partial charge in [-0.05, 0) is 52.1 Å². The molecular weight excluding hydrogens is 399 g/mol. The Labute approximate surface area is 180 Å². The molecule has 0 spiro atoms. The minimum atomic E-state index is -0.667. The molecule has 2 fully saturated rings. The molecule has 0 radical (unpaired) electrons. The number of anilines is 1. The van der Waals surface area contributed by atoms with Crippen LogP contribution in [0.5, 0.6) is 0 Å². The Morgan fingerprint density at radius 3 is 2.71 bits per heavy atom. The lowest BCUT2D eigenvalue weighted by molar-refractivity contribution is 0.235. The van der Waals surface area contributed by atoms with Crippen LogP contribution < -0.4 is 22.0 Å². The Morgan fingerprint density at radius 2 is 2.06 bits per heavy atom. The maximum absolute atomic E-state index is 15.2. The van der Waals surface area contributed by atoms with E-state index < -0.39 is 17.1 Å². The highest BCUT2D eigenvalue weighted by atomic mass is 19.1. The van der Waals surface area contributed by atoms with Gasteiger partial charge in [-0.2, -0.15) is 4.68 Å². The third-order valence-corrected chi connectivity index (χ3v) is 6.73. The Balaban J connectivity index is 1.70. The third kappa shape index (κ3) is 3.69. The van der Waals surface area contributed by atoms with Gasteiger partial charge in [-0.15, -0.1) is 0 Å². The molecule has 1 saturated heterocycles. The molecule has 1 aromatic heterocycles. The first kappa shape index (κ1) is 21.4. The topological polar surface area (TPSA) is 80.9 Å². The van der Waals surface area contributed by atoms with E-state index in [0.29, 0.717) is 47.0 Å². The van der Waals surface area contributed by atoms with Crippen molar-refractivity contribution in [3.8, 4) is 0 Å². The Bertz CT molecular complexity index is 1180. The van der Waals surface area contributed by atoms with Crippen molar-refractivity contribution in [2.24, 2.45) is 5.92 Å². The van der Waals surface area contributed by atoms with E-state index in [1.807, 2.05) is 18.9 Å². The number of fused-ring (bicyclic) bond motifs is 1. The number of benzene rings is 1. The second-order valence-electron chi connectivity index (χ2n) is 9.02. The standard InChI is InChI=1S/C22H29FN6O2/c1-13(10-25-3)26(4)11-15-7-8-27(12-15)20-14(2)19-17(9-18(20)23)21(30)29(24)22(31)28(19)16-5-6-16/h9,13,15-16H,5-8,10-12,24H2,1-2,4H3. The first-order chi connectivity index (χ1) is 14.7. The lowest BCUT2D eigenvalue weighted by atomic mass is 10.1. The smallest absolute Gasteiger partial charge is 0.350 e. The van der Waals surface area contributed by atoms with E-state index in [1.54, 1.807) is 11.5 Å². The number of aromatic nitrogens is 2. The number of hydrogen-bond donors (Lipinski definition) is 1. The van der Waals surface area contributed by atoms with Gasteiger partial charge in [-0.1, -0.05) is 0 Å². The second-order valence-corrected chi connectivity index (χ2v) is 9.02. The molecule has 2 N–H and O–H groups in total. The second kappa shape index (κ2) is 8.00. The van der Waals surface area contributed by atoms with Crippen molar-refractivity contribution in [3.63, 3.8) is 0 Å². The van der Waals surface area contributed by atoms with Gasteiger partial charge >= 0.3 is 5.69 Å². The van der Waals surface area contributed by atoms with Crippen LogP contribution in [0, 0.1) is 25.2 Å². The van der Waals surface area contributed by atoms with Crippen LogP contribution in [-0.2, 0) is 0 Å². The van der Waals surface area contributed by atoms with Gasteiger partial charge in [-0.3, -0.25) is 14.3 Å². The zero-order valence-electron chi connectivity index (χ0n) is 18.3. The quantitative estimate of drug-likeness (QED) is 0.560. The van der Waals surface area contributed by atoms with Crippen molar-refractivity contribution in [3.05, 3.63) is 49.7 Å². The summed E-state index contributed by atoms with van der Waals surface area (Å²) < 4.78 is 17.4. The van der Waals surface area contributed by atoms with Crippen LogP contribution in [0.3, 0.4) is 0 Å². The van der Waals surface area contributed by atoms with Crippen LogP contribution >= 0.6 is 0 Å². The van der Waals surface area contributed by atoms with Crippen molar-refractivity contribution >= 4 is 16.6 Å². The molecular formula is C22H29FN6O2. The van der Waals surface area contributed by atoms with E-state index in [1.165, 1.54) is 6.07 Å². The molecule has 8 nitrogen and oxygen atoms in total. The van der Waals surface area contributed by atoms with E-state index in [2.05, 4.69) is 9.74 Å². The van der Waals surface area contributed by atoms with Gasteiger partial charge < -0.3 is 15.6 Å². The SMILES string of the molecule is [C-]#[N+]CC(C)N(C)CC1CCN(c2c(F)cc3c(=O)n(N)c(=O)n(C4CC4)c3c2C)C1. The summed E-state index contributed by atoms with van der Waals surface area (Å²) in [4.78, 5) is 33.0. The molecule has 166 valence electrons. The molecule has 2 aromatic rings. The first-order valence-electron chi connectivity index (χ1n) is 10.8. The van der Waals surface area contributed by atoms with Crippen LogP contribution in [0.2, 0.25) is 0 Å². The van der Waals surface area contributed by atoms with E-state index in [4.69, 9.17) is 12.4 Å². The maximum atomic E-state index is 15.2. The predicted molar refractivity (Wildman–Crippen MR) is 119 cm³/mol. The molecule has 0 bridgehead atoms. The summed E-state index contributed by atoms with van der Waals surface area (Å²) in [7, 11) is 2.02. The van der Waals surface area contributed by atoms with Gasteiger partial charge in [-0.25, -0.2) is 15.8 Å². The highest BCUT2D eigenvalue weighted by Crippen LogP contribution is 2.39. The van der Waals surface area contributed by atoms with Gasteiger partial charge in [0.15, 0.2) is 0 Å². The first-order valence-corrected chi connectivity index (χ1v) is 10.8. The molecule has 0 amide bonds. The molecule has 9 heteroatoms. The molecule has 1 aliphatic heterocycles. The molecule has 31 heavy (non-hydrogen) atoms. The number of nitrogen functional groups attached to an aromatic ring is 1.